The Hall–Kier alpha value is -3.06. The summed E-state index contributed by atoms with van der Waals surface area (Å²) in [5.74, 6) is -0.0641. The fraction of sp³-hybridized carbons (Fsp3) is 0.176. The Morgan fingerprint density at radius 1 is 1.21 bits per heavy atom. The van der Waals surface area contributed by atoms with Crippen molar-refractivity contribution in [3.8, 4) is 17.2 Å². The van der Waals surface area contributed by atoms with Crippen LogP contribution in [0.25, 0.3) is 17.2 Å². The van der Waals surface area contributed by atoms with Gasteiger partial charge in [-0.15, -0.1) is 0 Å². The van der Waals surface area contributed by atoms with Crippen molar-refractivity contribution in [2.24, 2.45) is 0 Å². The van der Waals surface area contributed by atoms with Gasteiger partial charge in [-0.1, -0.05) is 29.8 Å². The number of carboxylic acids is 1. The number of aromatic nitrogens is 4. The van der Waals surface area contributed by atoms with E-state index in [4.69, 9.17) is 9.84 Å². The minimum Gasteiger partial charge on any atom is -0.476 e. The standard InChI is InChI=1S/C17H16N4O3/c1-11-3-5-12(6-4-11)16-18-13(10-24-2)9-15(19-16)21-8-7-14(20-21)17(22)23/h3-9H,10H2,1-2H3,(H,22,23). The summed E-state index contributed by atoms with van der Waals surface area (Å²) in [5, 5.41) is 13.0. The highest BCUT2D eigenvalue weighted by Crippen LogP contribution is 2.19. The molecule has 0 saturated heterocycles. The lowest BCUT2D eigenvalue weighted by Crippen LogP contribution is -2.06. The first-order chi connectivity index (χ1) is 11.6. The van der Waals surface area contributed by atoms with Crippen LogP contribution in [-0.2, 0) is 11.3 Å². The van der Waals surface area contributed by atoms with E-state index < -0.39 is 5.97 Å². The number of hydrogen-bond donors (Lipinski definition) is 1. The van der Waals surface area contributed by atoms with E-state index in [1.807, 2.05) is 31.2 Å². The molecular formula is C17H16N4O3. The number of carboxylic acid groups (broad SMARTS) is 1. The lowest BCUT2D eigenvalue weighted by Gasteiger charge is -2.08. The first kappa shape index (κ1) is 15.8. The van der Waals surface area contributed by atoms with Crippen LogP contribution in [0.3, 0.4) is 0 Å². The maximum absolute atomic E-state index is 11.0. The van der Waals surface area contributed by atoms with Crippen LogP contribution in [0, 0.1) is 6.92 Å². The Morgan fingerprint density at radius 3 is 2.58 bits per heavy atom. The molecule has 0 bridgehead atoms. The third-order valence-corrected chi connectivity index (χ3v) is 3.41. The molecule has 0 atom stereocenters. The number of aryl methyl sites for hydroxylation is 1. The van der Waals surface area contributed by atoms with Gasteiger partial charge in [0.2, 0.25) is 0 Å². The molecule has 1 aromatic carbocycles. The molecule has 3 rings (SSSR count). The van der Waals surface area contributed by atoms with Crippen LogP contribution in [0.2, 0.25) is 0 Å². The van der Waals surface area contributed by atoms with E-state index in [-0.39, 0.29) is 5.69 Å². The summed E-state index contributed by atoms with van der Waals surface area (Å²) in [6.07, 6.45) is 1.56. The molecule has 0 fully saturated rings. The molecule has 0 unspecified atom stereocenters. The number of carbonyl (C=O) groups is 1. The van der Waals surface area contributed by atoms with Crippen molar-refractivity contribution in [2.75, 3.05) is 7.11 Å². The number of aromatic carboxylic acids is 1. The van der Waals surface area contributed by atoms with Gasteiger partial charge in [0.1, 0.15) is 0 Å². The Labute approximate surface area is 138 Å². The van der Waals surface area contributed by atoms with E-state index >= 15 is 0 Å². The second-order valence-electron chi connectivity index (χ2n) is 5.29. The normalized spacial score (nSPS) is 10.8. The molecule has 0 aliphatic carbocycles. The average Bonchev–Trinajstić information content (AvgIpc) is 3.06. The first-order valence-electron chi connectivity index (χ1n) is 7.30. The van der Waals surface area contributed by atoms with E-state index in [9.17, 15) is 4.79 Å². The van der Waals surface area contributed by atoms with Crippen LogP contribution in [0.15, 0.2) is 42.6 Å². The Kier molecular flexibility index (Phi) is 4.35. The zero-order valence-corrected chi connectivity index (χ0v) is 13.3. The molecule has 7 nitrogen and oxygen atoms in total. The zero-order chi connectivity index (χ0) is 17.1. The maximum atomic E-state index is 11.0. The lowest BCUT2D eigenvalue weighted by atomic mass is 10.1. The summed E-state index contributed by atoms with van der Waals surface area (Å²) in [6, 6.07) is 11.0. The predicted molar refractivity (Wildman–Crippen MR) is 87.0 cm³/mol. The van der Waals surface area contributed by atoms with Crippen LogP contribution in [0.5, 0.6) is 0 Å². The molecule has 2 aromatic heterocycles. The van der Waals surface area contributed by atoms with Gasteiger partial charge in [-0.05, 0) is 13.0 Å². The summed E-state index contributed by atoms with van der Waals surface area (Å²) in [6.45, 7) is 2.33. The molecular weight excluding hydrogens is 308 g/mol. The first-order valence-corrected chi connectivity index (χ1v) is 7.30. The maximum Gasteiger partial charge on any atom is 0.356 e. The summed E-state index contributed by atoms with van der Waals surface area (Å²) in [7, 11) is 1.59. The van der Waals surface area contributed by atoms with Gasteiger partial charge < -0.3 is 9.84 Å². The van der Waals surface area contributed by atoms with Crippen molar-refractivity contribution < 1.29 is 14.6 Å². The van der Waals surface area contributed by atoms with Crippen molar-refractivity contribution in [1.29, 1.82) is 0 Å². The molecule has 0 radical (unpaired) electrons. The molecule has 0 saturated carbocycles. The summed E-state index contributed by atoms with van der Waals surface area (Å²) >= 11 is 0. The second kappa shape index (κ2) is 6.59. The van der Waals surface area contributed by atoms with Gasteiger partial charge in [-0.25, -0.2) is 19.4 Å². The molecule has 0 spiro atoms. The average molecular weight is 324 g/mol. The highest BCUT2D eigenvalue weighted by atomic mass is 16.5. The third-order valence-electron chi connectivity index (χ3n) is 3.41. The van der Waals surface area contributed by atoms with E-state index in [1.165, 1.54) is 10.7 Å². The topological polar surface area (TPSA) is 90.1 Å². The van der Waals surface area contributed by atoms with E-state index in [0.717, 1.165) is 11.1 Å². The van der Waals surface area contributed by atoms with Crippen molar-refractivity contribution in [2.45, 2.75) is 13.5 Å². The minimum atomic E-state index is -1.08. The fourth-order valence-electron chi connectivity index (χ4n) is 2.22. The largest absolute Gasteiger partial charge is 0.476 e. The fourth-order valence-corrected chi connectivity index (χ4v) is 2.22. The van der Waals surface area contributed by atoms with Gasteiger partial charge >= 0.3 is 5.97 Å². The monoisotopic (exact) mass is 324 g/mol. The van der Waals surface area contributed by atoms with Crippen LogP contribution in [0.1, 0.15) is 21.7 Å². The quantitative estimate of drug-likeness (QED) is 0.775. The lowest BCUT2D eigenvalue weighted by molar-refractivity contribution is 0.0690. The minimum absolute atomic E-state index is 0.0428. The van der Waals surface area contributed by atoms with Crippen LogP contribution in [0.4, 0.5) is 0 Å². The number of rotatable bonds is 5. The van der Waals surface area contributed by atoms with Crippen molar-refractivity contribution in [1.82, 2.24) is 19.7 Å². The summed E-state index contributed by atoms with van der Waals surface area (Å²) < 4.78 is 6.58. The molecule has 1 N–H and O–H groups in total. The molecule has 7 heteroatoms. The highest BCUT2D eigenvalue weighted by Gasteiger charge is 2.12. The summed E-state index contributed by atoms with van der Waals surface area (Å²) in [5.41, 5.74) is 2.65. The highest BCUT2D eigenvalue weighted by molar-refractivity contribution is 5.85. The van der Waals surface area contributed by atoms with Crippen LogP contribution in [-0.4, -0.2) is 37.9 Å². The van der Waals surface area contributed by atoms with E-state index in [0.29, 0.717) is 23.9 Å². The Bertz CT molecular complexity index is 872. The summed E-state index contributed by atoms with van der Waals surface area (Å²) in [4.78, 5) is 20.0. The molecule has 122 valence electrons. The zero-order valence-electron chi connectivity index (χ0n) is 13.3. The Morgan fingerprint density at radius 2 is 1.96 bits per heavy atom. The van der Waals surface area contributed by atoms with Crippen molar-refractivity contribution in [3.05, 3.63) is 59.5 Å². The number of benzene rings is 1. The number of nitrogens with zero attached hydrogens (tertiary/aromatic N) is 4. The molecule has 0 amide bonds. The van der Waals surface area contributed by atoms with Gasteiger partial charge in [0.05, 0.1) is 12.3 Å². The Balaban J connectivity index is 2.08. The van der Waals surface area contributed by atoms with Gasteiger partial charge in [-0.2, -0.15) is 5.10 Å². The molecule has 2 heterocycles. The predicted octanol–water partition coefficient (Wildman–Crippen LogP) is 2.48. The van der Waals surface area contributed by atoms with E-state index in [2.05, 4.69) is 15.1 Å². The number of methoxy groups -OCH3 is 1. The smallest absolute Gasteiger partial charge is 0.356 e. The number of ether oxygens (including phenoxy) is 1. The van der Waals surface area contributed by atoms with Crippen LogP contribution < -0.4 is 0 Å². The molecule has 0 aliphatic rings. The van der Waals surface area contributed by atoms with E-state index in [1.54, 1.807) is 19.4 Å². The van der Waals surface area contributed by atoms with Crippen molar-refractivity contribution >= 4 is 5.97 Å². The van der Waals surface area contributed by atoms with Crippen molar-refractivity contribution in [3.63, 3.8) is 0 Å². The molecule has 0 aliphatic heterocycles. The van der Waals surface area contributed by atoms with Crippen LogP contribution >= 0.6 is 0 Å². The van der Waals surface area contributed by atoms with Gasteiger partial charge in [0.25, 0.3) is 0 Å². The SMILES string of the molecule is COCc1cc(-n2ccc(C(=O)O)n2)nc(-c2ccc(C)cc2)n1. The second-order valence-corrected chi connectivity index (χ2v) is 5.29. The van der Waals surface area contributed by atoms with Gasteiger partial charge in [-0.3, -0.25) is 0 Å². The molecule has 24 heavy (non-hydrogen) atoms. The van der Waals surface area contributed by atoms with Gasteiger partial charge in [0, 0.05) is 24.9 Å². The number of hydrogen-bond acceptors (Lipinski definition) is 5. The third kappa shape index (κ3) is 3.31. The molecule has 3 aromatic rings. The van der Waals surface area contributed by atoms with Gasteiger partial charge in [0.15, 0.2) is 17.3 Å².